The van der Waals surface area contributed by atoms with Crippen LogP contribution < -0.4 is 5.73 Å². The van der Waals surface area contributed by atoms with Gasteiger partial charge in [0.2, 0.25) is 0 Å². The van der Waals surface area contributed by atoms with Crippen LogP contribution in [0.4, 0.5) is 13.2 Å². The molecule has 0 rings (SSSR count). The lowest BCUT2D eigenvalue weighted by Gasteiger charge is -2.13. The van der Waals surface area contributed by atoms with Crippen molar-refractivity contribution < 1.29 is 17.9 Å². The lowest BCUT2D eigenvalue weighted by Crippen LogP contribution is -2.18. The Kier molecular flexibility index (Phi) is 7.78. The van der Waals surface area contributed by atoms with Crippen LogP contribution in [-0.4, -0.2) is 25.9 Å². The molecule has 2 nitrogen and oxygen atoms in total. The summed E-state index contributed by atoms with van der Waals surface area (Å²) in [6.07, 6.45) is -0.613. The molecular weight excluding hydrogens is 207 g/mol. The molecule has 0 aromatic carbocycles. The van der Waals surface area contributed by atoms with Crippen molar-refractivity contribution in [3.05, 3.63) is 0 Å². The Balaban J connectivity index is 3.36. The van der Waals surface area contributed by atoms with Crippen molar-refractivity contribution in [3.8, 4) is 0 Å². The van der Waals surface area contributed by atoms with Crippen LogP contribution in [-0.2, 0) is 4.74 Å². The fraction of sp³-hybridized carbons (Fsp3) is 1.00. The minimum atomic E-state index is -4.21. The van der Waals surface area contributed by atoms with Gasteiger partial charge in [-0.3, -0.25) is 0 Å². The topological polar surface area (TPSA) is 35.2 Å². The van der Waals surface area contributed by atoms with Crippen molar-refractivity contribution in [2.75, 3.05) is 19.8 Å². The average Bonchev–Trinajstić information content (AvgIpc) is 2.14. The van der Waals surface area contributed by atoms with E-state index < -0.39 is 12.8 Å². The first kappa shape index (κ1) is 14.7. The van der Waals surface area contributed by atoms with Gasteiger partial charge in [0, 0.05) is 6.61 Å². The van der Waals surface area contributed by atoms with Crippen LogP contribution in [0, 0.1) is 5.92 Å². The molecule has 0 spiro atoms. The van der Waals surface area contributed by atoms with Gasteiger partial charge >= 0.3 is 6.18 Å². The molecule has 0 aliphatic carbocycles. The molecule has 0 radical (unpaired) electrons. The maximum atomic E-state index is 11.7. The molecule has 0 saturated heterocycles. The second kappa shape index (κ2) is 7.93. The van der Waals surface area contributed by atoms with Gasteiger partial charge < -0.3 is 10.5 Å². The molecule has 0 aliphatic heterocycles. The fourth-order valence-corrected chi connectivity index (χ4v) is 1.45. The number of alkyl halides is 3. The Labute approximate surface area is 89.0 Å². The van der Waals surface area contributed by atoms with E-state index in [0.29, 0.717) is 18.9 Å². The van der Waals surface area contributed by atoms with Crippen LogP contribution in [0.2, 0.25) is 0 Å². The monoisotopic (exact) mass is 227 g/mol. The Hall–Kier alpha value is -0.290. The van der Waals surface area contributed by atoms with Gasteiger partial charge in [-0.2, -0.15) is 13.2 Å². The maximum absolute atomic E-state index is 11.7. The summed E-state index contributed by atoms with van der Waals surface area (Å²) in [5.41, 5.74) is 5.52. The van der Waals surface area contributed by atoms with E-state index in [2.05, 4.69) is 11.7 Å². The number of hydrogen-bond acceptors (Lipinski definition) is 2. The van der Waals surface area contributed by atoms with Crippen molar-refractivity contribution >= 4 is 0 Å². The van der Waals surface area contributed by atoms with Crippen LogP contribution in [0.25, 0.3) is 0 Å². The number of hydrogen-bond donors (Lipinski definition) is 1. The highest BCUT2D eigenvalue weighted by atomic mass is 19.4. The molecule has 2 N–H and O–H groups in total. The SMILES string of the molecule is CCCC(CN)CCCOCC(F)(F)F. The number of halogens is 3. The Morgan fingerprint density at radius 2 is 1.93 bits per heavy atom. The van der Waals surface area contributed by atoms with Crippen LogP contribution in [0.5, 0.6) is 0 Å². The minimum Gasteiger partial charge on any atom is -0.372 e. The third-order valence-electron chi connectivity index (χ3n) is 2.20. The number of rotatable bonds is 8. The molecule has 0 amide bonds. The zero-order chi connectivity index (χ0) is 11.7. The molecule has 0 aliphatic rings. The molecule has 15 heavy (non-hydrogen) atoms. The Morgan fingerprint density at radius 1 is 1.27 bits per heavy atom. The summed E-state index contributed by atoms with van der Waals surface area (Å²) in [5, 5.41) is 0. The minimum absolute atomic E-state index is 0.166. The normalized spacial score (nSPS) is 14.2. The van der Waals surface area contributed by atoms with E-state index in [-0.39, 0.29) is 6.61 Å². The predicted molar refractivity (Wildman–Crippen MR) is 53.6 cm³/mol. The van der Waals surface area contributed by atoms with Gasteiger partial charge in [-0.05, 0) is 31.7 Å². The number of ether oxygens (including phenoxy) is 1. The van der Waals surface area contributed by atoms with E-state index >= 15 is 0 Å². The van der Waals surface area contributed by atoms with E-state index in [1.807, 2.05) is 0 Å². The largest absolute Gasteiger partial charge is 0.411 e. The first-order chi connectivity index (χ1) is 6.99. The molecule has 1 unspecified atom stereocenters. The van der Waals surface area contributed by atoms with Crippen LogP contribution >= 0.6 is 0 Å². The van der Waals surface area contributed by atoms with Gasteiger partial charge in [0.25, 0.3) is 0 Å². The summed E-state index contributed by atoms with van der Waals surface area (Å²) < 4.78 is 39.6. The fourth-order valence-electron chi connectivity index (χ4n) is 1.45. The third-order valence-corrected chi connectivity index (χ3v) is 2.20. The molecule has 0 bridgehead atoms. The van der Waals surface area contributed by atoms with Crippen LogP contribution in [0.15, 0.2) is 0 Å². The molecule has 0 saturated carbocycles. The quantitative estimate of drug-likeness (QED) is 0.647. The highest BCUT2D eigenvalue weighted by Gasteiger charge is 2.27. The van der Waals surface area contributed by atoms with E-state index in [0.717, 1.165) is 19.3 Å². The van der Waals surface area contributed by atoms with Crippen molar-refractivity contribution in [2.24, 2.45) is 11.7 Å². The van der Waals surface area contributed by atoms with Gasteiger partial charge in [-0.15, -0.1) is 0 Å². The number of nitrogens with two attached hydrogens (primary N) is 1. The summed E-state index contributed by atoms with van der Waals surface area (Å²) in [5.74, 6) is 0.421. The van der Waals surface area contributed by atoms with Crippen molar-refractivity contribution in [1.29, 1.82) is 0 Å². The Morgan fingerprint density at radius 3 is 2.40 bits per heavy atom. The van der Waals surface area contributed by atoms with Crippen molar-refractivity contribution in [3.63, 3.8) is 0 Å². The molecule has 0 fully saturated rings. The molecule has 5 heteroatoms. The Bertz CT molecular complexity index is 150. The lowest BCUT2D eigenvalue weighted by molar-refractivity contribution is -0.174. The highest BCUT2D eigenvalue weighted by Crippen LogP contribution is 2.15. The second-order valence-corrected chi connectivity index (χ2v) is 3.70. The van der Waals surface area contributed by atoms with Gasteiger partial charge in [0.05, 0.1) is 0 Å². The van der Waals surface area contributed by atoms with Gasteiger partial charge in [0.1, 0.15) is 6.61 Å². The van der Waals surface area contributed by atoms with E-state index in [9.17, 15) is 13.2 Å². The molecule has 0 aromatic rings. The van der Waals surface area contributed by atoms with Gasteiger partial charge in [0.15, 0.2) is 0 Å². The summed E-state index contributed by atoms with van der Waals surface area (Å²) >= 11 is 0. The summed E-state index contributed by atoms with van der Waals surface area (Å²) in [7, 11) is 0. The van der Waals surface area contributed by atoms with Crippen LogP contribution in [0.1, 0.15) is 32.6 Å². The molecular formula is C10H20F3NO. The molecule has 92 valence electrons. The predicted octanol–water partition coefficient (Wildman–Crippen LogP) is 2.72. The summed E-state index contributed by atoms with van der Waals surface area (Å²) in [6, 6.07) is 0. The van der Waals surface area contributed by atoms with E-state index in [1.54, 1.807) is 0 Å². The standard InChI is InChI=1S/C10H20F3NO/c1-2-4-9(7-14)5-3-6-15-8-10(11,12)13/h9H,2-8,14H2,1H3. The van der Waals surface area contributed by atoms with Crippen LogP contribution in [0.3, 0.4) is 0 Å². The second-order valence-electron chi connectivity index (χ2n) is 3.70. The van der Waals surface area contributed by atoms with E-state index in [1.165, 1.54) is 0 Å². The molecule has 0 heterocycles. The maximum Gasteiger partial charge on any atom is 0.411 e. The first-order valence-electron chi connectivity index (χ1n) is 5.34. The van der Waals surface area contributed by atoms with Gasteiger partial charge in [-0.1, -0.05) is 13.3 Å². The van der Waals surface area contributed by atoms with Crippen molar-refractivity contribution in [2.45, 2.75) is 38.8 Å². The smallest absolute Gasteiger partial charge is 0.372 e. The zero-order valence-corrected chi connectivity index (χ0v) is 9.15. The first-order valence-corrected chi connectivity index (χ1v) is 5.34. The lowest BCUT2D eigenvalue weighted by atomic mass is 9.98. The molecule has 1 atom stereocenters. The highest BCUT2D eigenvalue weighted by molar-refractivity contribution is 4.59. The van der Waals surface area contributed by atoms with E-state index in [4.69, 9.17) is 5.73 Å². The summed E-state index contributed by atoms with van der Waals surface area (Å²) in [6.45, 7) is 1.70. The molecule has 0 aromatic heterocycles. The zero-order valence-electron chi connectivity index (χ0n) is 9.15. The van der Waals surface area contributed by atoms with Gasteiger partial charge in [-0.25, -0.2) is 0 Å². The van der Waals surface area contributed by atoms with Crippen molar-refractivity contribution in [1.82, 2.24) is 0 Å². The third kappa shape index (κ3) is 10.0. The average molecular weight is 227 g/mol. The summed E-state index contributed by atoms with van der Waals surface area (Å²) in [4.78, 5) is 0.